The third-order valence-corrected chi connectivity index (χ3v) is 7.47. The fraction of sp³-hybridized carbons (Fsp3) is 0.423. The molecule has 2 heterocycles. The van der Waals surface area contributed by atoms with Crippen molar-refractivity contribution in [3.05, 3.63) is 60.9 Å². The molecule has 3 rings (SSSR count). The highest BCUT2D eigenvalue weighted by Crippen LogP contribution is 2.33. The van der Waals surface area contributed by atoms with Crippen LogP contribution in [0.4, 0.5) is 4.39 Å². The Labute approximate surface area is 226 Å². The Balaban J connectivity index is 2.39. The Morgan fingerprint density at radius 3 is 2.56 bits per heavy atom. The minimum Gasteiger partial charge on any atom is -0.496 e. The van der Waals surface area contributed by atoms with E-state index in [-0.39, 0.29) is 58.1 Å². The molecular weight excluding hydrogens is 533 g/mol. The van der Waals surface area contributed by atoms with Gasteiger partial charge >= 0.3 is 17.6 Å². The van der Waals surface area contributed by atoms with E-state index in [0.29, 0.717) is 4.57 Å². The van der Waals surface area contributed by atoms with Crippen LogP contribution < -0.4 is 16.0 Å². The van der Waals surface area contributed by atoms with Gasteiger partial charge in [0.2, 0.25) is 0 Å². The molecule has 0 amide bonds. The van der Waals surface area contributed by atoms with Crippen molar-refractivity contribution in [2.24, 2.45) is 0 Å². The zero-order valence-corrected chi connectivity index (χ0v) is 22.9. The largest absolute Gasteiger partial charge is 0.496 e. The van der Waals surface area contributed by atoms with Crippen LogP contribution in [0.2, 0.25) is 0 Å². The molecule has 2 aromatic heterocycles. The molecule has 0 saturated heterocycles. The number of thiophene rings is 1. The van der Waals surface area contributed by atoms with E-state index in [0.717, 1.165) is 15.9 Å². The SMILES string of the molecule is CCOC(=O)c1sc2c(c1C)c(=O)n(C(C)(C)C(=O)O)c(=O)n2C[C@H](OCCC#N)c1cc(F)ccc1OC. The second-order valence-electron chi connectivity index (χ2n) is 9.01. The number of nitriles is 1. The summed E-state index contributed by atoms with van der Waals surface area (Å²) in [6.07, 6.45) is -1.06. The average Bonchev–Trinajstić information content (AvgIpc) is 3.22. The van der Waals surface area contributed by atoms with Crippen LogP contribution in [0.1, 0.15) is 54.1 Å². The van der Waals surface area contributed by atoms with Crippen molar-refractivity contribution in [3.63, 3.8) is 0 Å². The quantitative estimate of drug-likeness (QED) is 0.275. The van der Waals surface area contributed by atoms with Crippen LogP contribution in [0.25, 0.3) is 10.2 Å². The molecule has 0 bridgehead atoms. The zero-order chi connectivity index (χ0) is 29.1. The van der Waals surface area contributed by atoms with Gasteiger partial charge < -0.3 is 19.3 Å². The molecule has 0 aliphatic rings. The van der Waals surface area contributed by atoms with Crippen molar-refractivity contribution < 1.29 is 33.3 Å². The Morgan fingerprint density at radius 2 is 1.97 bits per heavy atom. The fourth-order valence-corrected chi connectivity index (χ4v) is 5.29. The number of aliphatic carboxylic acids is 1. The number of carbonyl (C=O) groups is 2. The fourth-order valence-electron chi connectivity index (χ4n) is 4.10. The Kier molecular flexibility index (Phi) is 8.93. The lowest BCUT2D eigenvalue weighted by molar-refractivity contribution is -0.146. The topological polar surface area (TPSA) is 150 Å². The molecule has 13 heteroatoms. The van der Waals surface area contributed by atoms with Crippen LogP contribution in [-0.2, 0) is 26.4 Å². The van der Waals surface area contributed by atoms with E-state index in [1.54, 1.807) is 6.92 Å². The van der Waals surface area contributed by atoms with E-state index in [1.165, 1.54) is 46.1 Å². The lowest BCUT2D eigenvalue weighted by Gasteiger charge is -2.25. The van der Waals surface area contributed by atoms with Gasteiger partial charge in [-0.2, -0.15) is 5.26 Å². The van der Waals surface area contributed by atoms with Crippen molar-refractivity contribution >= 4 is 33.5 Å². The molecule has 0 aliphatic heterocycles. The van der Waals surface area contributed by atoms with Crippen LogP contribution in [-0.4, -0.2) is 46.5 Å². The predicted octanol–water partition coefficient (Wildman–Crippen LogP) is 3.35. The normalized spacial score (nSPS) is 12.2. The summed E-state index contributed by atoms with van der Waals surface area (Å²) >= 11 is 0.848. The van der Waals surface area contributed by atoms with Gasteiger partial charge in [0.15, 0.2) is 0 Å². The van der Waals surface area contributed by atoms with Gasteiger partial charge in [-0.1, -0.05) is 0 Å². The highest BCUT2D eigenvalue weighted by molar-refractivity contribution is 7.20. The molecule has 0 fully saturated rings. The summed E-state index contributed by atoms with van der Waals surface area (Å²) in [5, 5.41) is 18.8. The number of benzene rings is 1. The maximum absolute atomic E-state index is 14.3. The minimum absolute atomic E-state index is 0.00486. The third-order valence-electron chi connectivity index (χ3n) is 6.18. The number of carboxylic acid groups (broad SMARTS) is 1. The molecule has 208 valence electrons. The number of nitrogens with zero attached hydrogens (tertiary/aromatic N) is 3. The smallest absolute Gasteiger partial charge is 0.348 e. The van der Waals surface area contributed by atoms with Crippen LogP contribution in [0.3, 0.4) is 0 Å². The van der Waals surface area contributed by atoms with Crippen molar-refractivity contribution in [1.82, 2.24) is 9.13 Å². The lowest BCUT2D eigenvalue weighted by atomic mass is 10.0. The number of hydrogen-bond donors (Lipinski definition) is 1. The number of carbonyl (C=O) groups excluding carboxylic acids is 1. The van der Waals surface area contributed by atoms with Gasteiger partial charge in [-0.3, -0.25) is 9.36 Å². The number of methoxy groups -OCH3 is 1. The van der Waals surface area contributed by atoms with Crippen LogP contribution in [0, 0.1) is 24.1 Å². The standard InChI is InChI=1S/C26H28FN3O8S/c1-6-37-23(32)20-14(2)19-21(31)30(26(3,4)24(33)34)25(35)29(22(19)39-20)13-18(38-11-7-10-28)16-12-15(27)8-9-17(16)36-5/h8-9,12,18H,6-7,11,13H2,1-5H3,(H,33,34)/t18-/m0/s1. The predicted molar refractivity (Wildman–Crippen MR) is 140 cm³/mol. The van der Waals surface area contributed by atoms with E-state index in [9.17, 15) is 28.7 Å². The van der Waals surface area contributed by atoms with Gasteiger partial charge in [-0.25, -0.2) is 23.3 Å². The van der Waals surface area contributed by atoms with Crippen LogP contribution in [0.5, 0.6) is 5.75 Å². The van der Waals surface area contributed by atoms with E-state index in [1.807, 2.05) is 6.07 Å². The van der Waals surface area contributed by atoms with E-state index in [4.69, 9.17) is 19.5 Å². The monoisotopic (exact) mass is 561 g/mol. The number of rotatable bonds is 11. The first kappa shape index (κ1) is 29.5. The number of aromatic nitrogens is 2. The number of halogens is 1. The van der Waals surface area contributed by atoms with Crippen molar-refractivity contribution in [2.45, 2.75) is 52.3 Å². The van der Waals surface area contributed by atoms with Gasteiger partial charge in [0.1, 0.15) is 32.9 Å². The average molecular weight is 562 g/mol. The Bertz CT molecular complexity index is 1580. The summed E-state index contributed by atoms with van der Waals surface area (Å²) < 4.78 is 32.4. The number of ether oxygens (including phenoxy) is 3. The van der Waals surface area contributed by atoms with Crippen LogP contribution >= 0.6 is 11.3 Å². The Morgan fingerprint density at radius 1 is 1.28 bits per heavy atom. The first-order valence-corrected chi connectivity index (χ1v) is 12.7. The minimum atomic E-state index is -1.96. The van der Waals surface area contributed by atoms with E-state index in [2.05, 4.69) is 0 Å². The first-order chi connectivity index (χ1) is 18.4. The number of hydrogen-bond acceptors (Lipinski definition) is 9. The summed E-state index contributed by atoms with van der Waals surface area (Å²) in [6, 6.07) is 5.67. The first-order valence-electron chi connectivity index (χ1n) is 11.9. The van der Waals surface area contributed by atoms with Crippen molar-refractivity contribution in [1.29, 1.82) is 5.26 Å². The van der Waals surface area contributed by atoms with Gasteiger partial charge in [0.25, 0.3) is 5.56 Å². The van der Waals surface area contributed by atoms with E-state index < -0.39 is 40.6 Å². The number of carboxylic acids is 1. The highest BCUT2D eigenvalue weighted by Gasteiger charge is 2.36. The molecule has 1 atom stereocenters. The summed E-state index contributed by atoms with van der Waals surface area (Å²) in [5.41, 5.74) is -3.36. The highest BCUT2D eigenvalue weighted by atomic mass is 32.1. The number of fused-ring (bicyclic) bond motifs is 1. The summed E-state index contributed by atoms with van der Waals surface area (Å²) in [7, 11) is 1.37. The molecule has 0 radical (unpaired) electrons. The third kappa shape index (κ3) is 5.57. The zero-order valence-electron chi connectivity index (χ0n) is 22.1. The molecular formula is C26H28FN3O8S. The molecule has 3 aromatic rings. The molecule has 1 aromatic carbocycles. The maximum Gasteiger partial charge on any atom is 0.348 e. The van der Waals surface area contributed by atoms with Gasteiger partial charge in [0, 0.05) is 5.56 Å². The molecule has 11 nitrogen and oxygen atoms in total. The molecule has 0 aliphatic carbocycles. The molecule has 0 unspecified atom stereocenters. The number of aryl methyl sites for hydroxylation is 1. The summed E-state index contributed by atoms with van der Waals surface area (Å²) in [4.78, 5) is 52.3. The lowest BCUT2D eigenvalue weighted by Crippen LogP contribution is -2.52. The maximum atomic E-state index is 14.3. The second kappa shape index (κ2) is 11.8. The van der Waals surface area contributed by atoms with Crippen LogP contribution in [0.15, 0.2) is 27.8 Å². The second-order valence-corrected chi connectivity index (χ2v) is 10.0. The summed E-state index contributed by atoms with van der Waals surface area (Å²) in [6.45, 7) is 5.22. The Hall–Kier alpha value is -4.02. The molecule has 39 heavy (non-hydrogen) atoms. The van der Waals surface area contributed by atoms with Gasteiger partial charge in [-0.15, -0.1) is 11.3 Å². The molecule has 1 N–H and O–H groups in total. The molecule has 0 spiro atoms. The van der Waals surface area contributed by atoms with Crippen molar-refractivity contribution in [3.8, 4) is 11.8 Å². The summed E-state index contributed by atoms with van der Waals surface area (Å²) in [5.74, 6) is -2.49. The van der Waals surface area contributed by atoms with Crippen molar-refractivity contribution in [2.75, 3.05) is 20.3 Å². The number of esters is 1. The molecule has 0 saturated carbocycles. The van der Waals surface area contributed by atoms with Gasteiger partial charge in [-0.05, 0) is 51.5 Å². The van der Waals surface area contributed by atoms with Gasteiger partial charge in [0.05, 0.1) is 44.7 Å². The van der Waals surface area contributed by atoms with E-state index >= 15 is 0 Å².